The van der Waals surface area contributed by atoms with Crippen LogP contribution in [0.15, 0.2) is 18.2 Å². The van der Waals surface area contributed by atoms with Crippen molar-refractivity contribution in [1.29, 1.82) is 0 Å². The van der Waals surface area contributed by atoms with Gasteiger partial charge in [0.15, 0.2) is 0 Å². The second kappa shape index (κ2) is 4.82. The number of benzene rings is 1. The van der Waals surface area contributed by atoms with Crippen molar-refractivity contribution in [2.45, 2.75) is 45.2 Å². The van der Waals surface area contributed by atoms with Gasteiger partial charge in [0.2, 0.25) is 0 Å². The summed E-state index contributed by atoms with van der Waals surface area (Å²) in [7, 11) is 0. The molecule has 1 fully saturated rings. The zero-order chi connectivity index (χ0) is 11.7. The Morgan fingerprint density at radius 3 is 2.81 bits per heavy atom. The molecule has 1 heterocycles. The van der Waals surface area contributed by atoms with E-state index in [-0.39, 0.29) is 0 Å². The molecule has 2 rings (SSSR count). The minimum Gasteiger partial charge on any atom is -0.399 e. The highest BCUT2D eigenvalue weighted by atomic mass is 127. The Morgan fingerprint density at radius 2 is 2.19 bits per heavy atom. The predicted octanol–water partition coefficient (Wildman–Crippen LogP) is 3.64. The molecule has 88 valence electrons. The molecule has 2 unspecified atom stereocenters. The Morgan fingerprint density at radius 1 is 1.44 bits per heavy atom. The monoisotopic (exact) mass is 330 g/mol. The quantitative estimate of drug-likeness (QED) is 0.663. The van der Waals surface area contributed by atoms with Gasteiger partial charge in [-0.15, -0.1) is 0 Å². The van der Waals surface area contributed by atoms with Crippen LogP contribution in [-0.2, 0) is 0 Å². The Hall–Kier alpha value is -0.450. The molecule has 0 aromatic heterocycles. The van der Waals surface area contributed by atoms with Crippen LogP contribution >= 0.6 is 22.6 Å². The number of rotatable bonds is 2. The molecule has 1 aliphatic heterocycles. The van der Waals surface area contributed by atoms with Crippen molar-refractivity contribution in [2.24, 2.45) is 0 Å². The zero-order valence-electron chi connectivity index (χ0n) is 9.91. The van der Waals surface area contributed by atoms with E-state index in [1.165, 1.54) is 28.5 Å². The summed E-state index contributed by atoms with van der Waals surface area (Å²) in [4.78, 5) is 2.57. The third-order valence-electron chi connectivity index (χ3n) is 3.51. The molecule has 16 heavy (non-hydrogen) atoms. The average molecular weight is 330 g/mol. The molecule has 1 aliphatic rings. The van der Waals surface area contributed by atoms with Crippen LogP contribution in [0.25, 0.3) is 0 Å². The Balaban J connectivity index is 2.34. The Kier molecular flexibility index (Phi) is 3.62. The zero-order valence-corrected chi connectivity index (χ0v) is 12.1. The SMILES string of the molecule is CCC1CCC(C)N1c1ccc(N)cc1I. The number of hydrogen-bond donors (Lipinski definition) is 1. The average Bonchev–Trinajstić information content (AvgIpc) is 2.60. The van der Waals surface area contributed by atoms with E-state index in [1.54, 1.807) is 0 Å². The minimum atomic E-state index is 0.655. The largest absolute Gasteiger partial charge is 0.399 e. The van der Waals surface area contributed by atoms with Crippen LogP contribution in [0.3, 0.4) is 0 Å². The first kappa shape index (κ1) is 12.0. The van der Waals surface area contributed by atoms with Crippen LogP contribution in [0.2, 0.25) is 0 Å². The molecule has 2 N–H and O–H groups in total. The fourth-order valence-corrected chi connectivity index (χ4v) is 3.46. The van der Waals surface area contributed by atoms with E-state index in [2.05, 4.69) is 53.5 Å². The summed E-state index contributed by atoms with van der Waals surface area (Å²) in [5.74, 6) is 0. The van der Waals surface area contributed by atoms with Crippen LogP contribution in [0.4, 0.5) is 11.4 Å². The van der Waals surface area contributed by atoms with Crippen LogP contribution in [0.5, 0.6) is 0 Å². The van der Waals surface area contributed by atoms with Crippen LogP contribution in [0, 0.1) is 3.57 Å². The van der Waals surface area contributed by atoms with E-state index in [0.29, 0.717) is 12.1 Å². The molecule has 1 aromatic carbocycles. The van der Waals surface area contributed by atoms with Gasteiger partial charge in [-0.2, -0.15) is 0 Å². The summed E-state index contributed by atoms with van der Waals surface area (Å²) >= 11 is 2.39. The van der Waals surface area contributed by atoms with Gasteiger partial charge in [-0.3, -0.25) is 0 Å². The molecule has 0 radical (unpaired) electrons. The van der Waals surface area contributed by atoms with Gasteiger partial charge in [-0.25, -0.2) is 0 Å². The molecule has 0 aliphatic carbocycles. The second-order valence-electron chi connectivity index (χ2n) is 4.61. The normalized spacial score (nSPS) is 25.1. The van der Waals surface area contributed by atoms with Gasteiger partial charge >= 0.3 is 0 Å². The maximum atomic E-state index is 5.80. The number of nitrogen functional groups attached to an aromatic ring is 1. The standard InChI is InChI=1S/C13H19IN2/c1-3-11-6-4-9(2)16(11)13-7-5-10(15)8-12(13)14/h5,7-9,11H,3-4,6,15H2,1-2H3. The van der Waals surface area contributed by atoms with Gasteiger partial charge in [0.1, 0.15) is 0 Å². The van der Waals surface area contributed by atoms with Gasteiger partial charge in [0, 0.05) is 21.3 Å². The topological polar surface area (TPSA) is 29.3 Å². The number of halogens is 1. The molecule has 0 spiro atoms. The van der Waals surface area contributed by atoms with Gasteiger partial charge in [-0.1, -0.05) is 6.92 Å². The summed E-state index contributed by atoms with van der Waals surface area (Å²) in [6.45, 7) is 4.60. The summed E-state index contributed by atoms with van der Waals surface area (Å²) in [6.07, 6.45) is 3.85. The Labute approximate surface area is 111 Å². The van der Waals surface area contributed by atoms with Crippen LogP contribution < -0.4 is 10.6 Å². The molecule has 2 nitrogen and oxygen atoms in total. The predicted molar refractivity (Wildman–Crippen MR) is 78.8 cm³/mol. The van der Waals surface area contributed by atoms with Crippen molar-refractivity contribution in [3.05, 3.63) is 21.8 Å². The second-order valence-corrected chi connectivity index (χ2v) is 5.77. The van der Waals surface area contributed by atoms with Gasteiger partial charge < -0.3 is 10.6 Å². The first-order chi connectivity index (χ1) is 7.63. The van der Waals surface area contributed by atoms with Crippen LogP contribution in [0.1, 0.15) is 33.1 Å². The molecule has 2 atom stereocenters. The van der Waals surface area contributed by atoms with E-state index < -0.39 is 0 Å². The van der Waals surface area contributed by atoms with E-state index >= 15 is 0 Å². The van der Waals surface area contributed by atoms with Gasteiger partial charge in [0.25, 0.3) is 0 Å². The maximum Gasteiger partial charge on any atom is 0.0508 e. The molecular weight excluding hydrogens is 311 g/mol. The maximum absolute atomic E-state index is 5.80. The first-order valence-electron chi connectivity index (χ1n) is 5.96. The molecule has 1 aromatic rings. The van der Waals surface area contributed by atoms with E-state index in [0.717, 1.165) is 5.69 Å². The molecule has 3 heteroatoms. The van der Waals surface area contributed by atoms with Crippen molar-refractivity contribution in [3.8, 4) is 0 Å². The van der Waals surface area contributed by atoms with Crippen molar-refractivity contribution >= 4 is 34.0 Å². The van der Waals surface area contributed by atoms with Gasteiger partial charge in [0.05, 0.1) is 5.69 Å². The number of nitrogens with two attached hydrogens (primary N) is 1. The van der Waals surface area contributed by atoms with Crippen LogP contribution in [-0.4, -0.2) is 12.1 Å². The lowest BCUT2D eigenvalue weighted by Gasteiger charge is -2.31. The summed E-state index contributed by atoms with van der Waals surface area (Å²) in [5, 5.41) is 0. The number of anilines is 2. The third-order valence-corrected chi connectivity index (χ3v) is 4.37. The first-order valence-corrected chi connectivity index (χ1v) is 7.04. The summed E-state index contributed by atoms with van der Waals surface area (Å²) in [5.41, 5.74) is 8.01. The molecular formula is C13H19IN2. The Bertz CT molecular complexity index is 378. The van der Waals surface area contributed by atoms with Crippen molar-refractivity contribution in [3.63, 3.8) is 0 Å². The minimum absolute atomic E-state index is 0.655. The third kappa shape index (κ3) is 2.14. The lowest BCUT2D eigenvalue weighted by atomic mass is 10.1. The lowest BCUT2D eigenvalue weighted by molar-refractivity contribution is 0.627. The summed E-state index contributed by atoms with van der Waals surface area (Å²) < 4.78 is 1.27. The van der Waals surface area contributed by atoms with Crippen molar-refractivity contribution in [2.75, 3.05) is 10.6 Å². The fourth-order valence-electron chi connectivity index (χ4n) is 2.64. The van der Waals surface area contributed by atoms with E-state index in [1.807, 2.05) is 6.07 Å². The van der Waals surface area contributed by atoms with Crippen molar-refractivity contribution < 1.29 is 0 Å². The van der Waals surface area contributed by atoms with Crippen molar-refractivity contribution in [1.82, 2.24) is 0 Å². The van der Waals surface area contributed by atoms with Gasteiger partial charge in [-0.05, 0) is 67.0 Å². The highest BCUT2D eigenvalue weighted by Crippen LogP contribution is 2.35. The fraction of sp³-hybridized carbons (Fsp3) is 0.538. The number of hydrogen-bond acceptors (Lipinski definition) is 2. The molecule has 0 amide bonds. The number of nitrogens with zero attached hydrogens (tertiary/aromatic N) is 1. The molecule has 1 saturated heterocycles. The smallest absolute Gasteiger partial charge is 0.0508 e. The highest BCUT2D eigenvalue weighted by molar-refractivity contribution is 14.1. The summed E-state index contributed by atoms with van der Waals surface area (Å²) in [6, 6.07) is 7.60. The van der Waals surface area contributed by atoms with E-state index in [9.17, 15) is 0 Å². The molecule has 0 bridgehead atoms. The highest BCUT2D eigenvalue weighted by Gasteiger charge is 2.30. The lowest BCUT2D eigenvalue weighted by Crippen LogP contribution is -2.34. The molecule has 0 saturated carbocycles. The van der Waals surface area contributed by atoms with E-state index in [4.69, 9.17) is 5.73 Å².